The van der Waals surface area contributed by atoms with Gasteiger partial charge in [-0.3, -0.25) is 9.98 Å². The fraction of sp³-hybridized carbons (Fsp3) is 0.429. The Morgan fingerprint density at radius 2 is 1.89 bits per heavy atom. The Labute approximate surface area is 210 Å². The number of fused-ring (bicyclic) bond motifs is 3. The summed E-state index contributed by atoms with van der Waals surface area (Å²) in [4.78, 5) is 23.9. The van der Waals surface area contributed by atoms with Crippen molar-refractivity contribution in [2.24, 2.45) is 16.1 Å². The van der Waals surface area contributed by atoms with E-state index in [-0.39, 0.29) is 18.1 Å². The number of aliphatic hydroxyl groups is 1. The number of aliphatic imine (C=N–C) groups is 1. The molecule has 3 N–H and O–H groups in total. The molecule has 3 aromatic rings. The normalized spacial score (nSPS) is 21.8. The van der Waals surface area contributed by atoms with Crippen LogP contribution in [0.25, 0.3) is 0 Å². The average molecular weight is 482 g/mol. The Hall–Kier alpha value is -3.36. The third kappa shape index (κ3) is 3.28. The molecule has 2 aromatic heterocycles. The average Bonchev–Trinajstić information content (AvgIpc) is 3.46. The predicted molar refractivity (Wildman–Crippen MR) is 139 cm³/mol. The molecule has 0 unspecified atom stereocenters. The summed E-state index contributed by atoms with van der Waals surface area (Å²) in [5.74, 6) is 1.65. The summed E-state index contributed by atoms with van der Waals surface area (Å²) in [6.07, 6.45) is 6.91. The first-order valence-electron chi connectivity index (χ1n) is 13.0. The summed E-state index contributed by atoms with van der Waals surface area (Å²) in [6, 6.07) is 12.8. The maximum absolute atomic E-state index is 10.3. The van der Waals surface area contributed by atoms with Gasteiger partial charge in [-0.1, -0.05) is 24.3 Å². The molecule has 8 heteroatoms. The van der Waals surface area contributed by atoms with E-state index in [1.54, 1.807) is 0 Å². The topological polar surface area (TPSA) is 104 Å². The number of hydrogen-bond donors (Lipinski definition) is 2. The summed E-state index contributed by atoms with van der Waals surface area (Å²) >= 11 is 0. The monoisotopic (exact) mass is 481 g/mol. The van der Waals surface area contributed by atoms with Crippen molar-refractivity contribution in [1.82, 2.24) is 15.0 Å². The minimum absolute atomic E-state index is 0.0807. The van der Waals surface area contributed by atoms with Gasteiger partial charge in [-0.05, 0) is 60.8 Å². The Balaban J connectivity index is 1.15. The molecular formula is C28H31N7O. The molecule has 0 saturated carbocycles. The van der Waals surface area contributed by atoms with Gasteiger partial charge in [-0.25, -0.2) is 9.97 Å². The van der Waals surface area contributed by atoms with Crippen LogP contribution in [0.2, 0.25) is 0 Å². The number of pyridine rings is 1. The van der Waals surface area contributed by atoms with E-state index in [9.17, 15) is 5.11 Å². The summed E-state index contributed by atoms with van der Waals surface area (Å²) in [5, 5.41) is 10.3. The number of amidine groups is 1. The van der Waals surface area contributed by atoms with E-state index >= 15 is 0 Å². The first-order valence-corrected chi connectivity index (χ1v) is 13.0. The molecule has 4 aliphatic rings. The molecular weight excluding hydrogens is 450 g/mol. The molecule has 3 aliphatic heterocycles. The second-order valence-electron chi connectivity index (χ2n) is 10.5. The van der Waals surface area contributed by atoms with Crippen molar-refractivity contribution in [1.29, 1.82) is 0 Å². The highest BCUT2D eigenvalue weighted by Crippen LogP contribution is 2.51. The SMILES string of the molecule is N[C@@H]1c2ccccc2CC12CCN(c1nc3c(nc1CO)C(N1CCCc4ncccc41)=NC3)CC2. The number of piperidine rings is 1. The zero-order valence-corrected chi connectivity index (χ0v) is 20.4. The van der Waals surface area contributed by atoms with E-state index in [2.05, 4.69) is 45.1 Å². The minimum atomic E-state index is -0.145. The Bertz CT molecular complexity index is 1360. The molecule has 5 heterocycles. The van der Waals surface area contributed by atoms with Crippen molar-refractivity contribution >= 4 is 17.3 Å². The highest BCUT2D eigenvalue weighted by atomic mass is 16.3. The second-order valence-corrected chi connectivity index (χ2v) is 10.5. The third-order valence-corrected chi connectivity index (χ3v) is 8.62. The van der Waals surface area contributed by atoms with Crippen LogP contribution in [0.1, 0.15) is 59.2 Å². The molecule has 0 radical (unpaired) electrons. The standard InChI is InChI=1S/C28H31N7O/c29-25-19-6-2-1-5-18(19)15-28(25)9-13-34(14-10-28)26-22(17-36)32-24-21(33-26)16-31-27(24)35-12-4-7-20-23(35)8-3-11-30-20/h1-3,5-6,8,11,25,36H,4,7,9-10,12-17,29H2/t25-/m1/s1. The lowest BCUT2D eigenvalue weighted by Gasteiger charge is -2.43. The van der Waals surface area contributed by atoms with Gasteiger partial charge in [0.15, 0.2) is 11.7 Å². The number of benzene rings is 1. The van der Waals surface area contributed by atoms with Crippen LogP contribution in [0.15, 0.2) is 47.6 Å². The molecule has 8 nitrogen and oxygen atoms in total. The fourth-order valence-corrected chi connectivity index (χ4v) is 6.66. The van der Waals surface area contributed by atoms with E-state index in [1.807, 2.05) is 12.3 Å². The first-order chi connectivity index (χ1) is 17.7. The van der Waals surface area contributed by atoms with Gasteiger partial charge in [-0.15, -0.1) is 0 Å². The number of hydrogen-bond acceptors (Lipinski definition) is 8. The van der Waals surface area contributed by atoms with Crippen molar-refractivity contribution in [3.05, 3.63) is 76.5 Å². The van der Waals surface area contributed by atoms with Gasteiger partial charge in [0.25, 0.3) is 0 Å². The van der Waals surface area contributed by atoms with E-state index in [1.165, 1.54) is 11.1 Å². The number of aliphatic hydroxyl groups excluding tert-OH is 1. The maximum Gasteiger partial charge on any atom is 0.156 e. The second kappa shape index (κ2) is 8.35. The molecule has 1 fully saturated rings. The molecule has 1 atom stereocenters. The van der Waals surface area contributed by atoms with Gasteiger partial charge in [-0.2, -0.15) is 0 Å². The smallest absolute Gasteiger partial charge is 0.156 e. The van der Waals surface area contributed by atoms with Crippen LogP contribution < -0.4 is 15.5 Å². The molecule has 1 saturated heterocycles. The lowest BCUT2D eigenvalue weighted by Crippen LogP contribution is -2.45. The molecule has 0 amide bonds. The lowest BCUT2D eigenvalue weighted by atomic mass is 9.73. The number of nitrogens with two attached hydrogens (primary N) is 1. The number of aromatic nitrogens is 3. The molecule has 1 aromatic carbocycles. The van der Waals surface area contributed by atoms with Gasteiger partial charge < -0.3 is 20.6 Å². The van der Waals surface area contributed by atoms with E-state index in [0.717, 1.165) is 86.2 Å². The van der Waals surface area contributed by atoms with Crippen LogP contribution in [0.5, 0.6) is 0 Å². The molecule has 184 valence electrons. The van der Waals surface area contributed by atoms with Gasteiger partial charge >= 0.3 is 0 Å². The van der Waals surface area contributed by atoms with E-state index in [0.29, 0.717) is 12.2 Å². The third-order valence-electron chi connectivity index (χ3n) is 8.62. The van der Waals surface area contributed by atoms with Crippen LogP contribution in [0.3, 0.4) is 0 Å². The zero-order chi connectivity index (χ0) is 24.3. The number of nitrogens with zero attached hydrogens (tertiary/aromatic N) is 6. The zero-order valence-electron chi connectivity index (χ0n) is 20.4. The molecule has 1 spiro atoms. The lowest BCUT2D eigenvalue weighted by molar-refractivity contribution is 0.186. The van der Waals surface area contributed by atoms with Gasteiger partial charge in [0.1, 0.15) is 11.4 Å². The highest BCUT2D eigenvalue weighted by Gasteiger charge is 2.46. The number of aryl methyl sites for hydroxylation is 1. The van der Waals surface area contributed by atoms with E-state index < -0.39 is 0 Å². The maximum atomic E-state index is 10.3. The quantitative estimate of drug-likeness (QED) is 0.580. The largest absolute Gasteiger partial charge is 0.390 e. The van der Waals surface area contributed by atoms with Crippen molar-refractivity contribution in [3.8, 4) is 0 Å². The summed E-state index contributed by atoms with van der Waals surface area (Å²) in [6.45, 7) is 2.97. The molecule has 0 bridgehead atoms. The summed E-state index contributed by atoms with van der Waals surface area (Å²) < 4.78 is 0. The van der Waals surface area contributed by atoms with Crippen LogP contribution in [0, 0.1) is 5.41 Å². The van der Waals surface area contributed by atoms with Crippen molar-refractivity contribution in [2.45, 2.75) is 51.3 Å². The Morgan fingerprint density at radius 3 is 2.72 bits per heavy atom. The fourth-order valence-electron chi connectivity index (χ4n) is 6.66. The number of rotatable bonds is 2. The van der Waals surface area contributed by atoms with Crippen LogP contribution in [-0.2, 0) is 26.0 Å². The highest BCUT2D eigenvalue weighted by molar-refractivity contribution is 6.11. The van der Waals surface area contributed by atoms with Gasteiger partial charge in [0.05, 0.1) is 30.2 Å². The molecule has 7 rings (SSSR count). The first kappa shape index (κ1) is 21.9. The number of anilines is 2. The van der Waals surface area contributed by atoms with Crippen LogP contribution in [0.4, 0.5) is 11.5 Å². The van der Waals surface area contributed by atoms with Crippen molar-refractivity contribution in [2.75, 3.05) is 29.4 Å². The Morgan fingerprint density at radius 1 is 1.03 bits per heavy atom. The van der Waals surface area contributed by atoms with Gasteiger partial charge in [0.2, 0.25) is 0 Å². The Kier molecular flexibility index (Phi) is 5.08. The van der Waals surface area contributed by atoms with Crippen LogP contribution >= 0.6 is 0 Å². The van der Waals surface area contributed by atoms with E-state index in [4.69, 9.17) is 20.7 Å². The van der Waals surface area contributed by atoms with Crippen molar-refractivity contribution in [3.63, 3.8) is 0 Å². The molecule has 36 heavy (non-hydrogen) atoms. The summed E-state index contributed by atoms with van der Waals surface area (Å²) in [7, 11) is 0. The van der Waals surface area contributed by atoms with Crippen LogP contribution in [-0.4, -0.2) is 45.5 Å². The minimum Gasteiger partial charge on any atom is -0.390 e. The molecule has 1 aliphatic carbocycles. The van der Waals surface area contributed by atoms with Crippen molar-refractivity contribution < 1.29 is 5.11 Å². The predicted octanol–water partition coefficient (Wildman–Crippen LogP) is 2.92. The summed E-state index contributed by atoms with van der Waals surface area (Å²) in [5.41, 5.74) is 14.1. The van der Waals surface area contributed by atoms with Gasteiger partial charge in [0, 0.05) is 31.9 Å².